The quantitative estimate of drug-likeness (QED) is 0.472. The van der Waals surface area contributed by atoms with Gasteiger partial charge in [0.15, 0.2) is 5.82 Å². The zero-order valence-electron chi connectivity index (χ0n) is 15.8. The van der Waals surface area contributed by atoms with Crippen LogP contribution in [0, 0.1) is 22.9 Å². The predicted octanol–water partition coefficient (Wildman–Crippen LogP) is 3.32. The van der Waals surface area contributed by atoms with Gasteiger partial charge in [0.05, 0.1) is 22.9 Å². The van der Waals surface area contributed by atoms with Crippen molar-refractivity contribution in [2.75, 3.05) is 18.0 Å². The van der Waals surface area contributed by atoms with Gasteiger partial charge in [0.2, 0.25) is 5.95 Å². The maximum absolute atomic E-state index is 14.3. The zero-order chi connectivity index (χ0) is 21.5. The average molecular weight is 419 g/mol. The second-order valence-corrected chi connectivity index (χ2v) is 6.98. The molecule has 12 heteroatoms. The van der Waals surface area contributed by atoms with Crippen molar-refractivity contribution >= 4 is 11.6 Å². The number of aryl methyl sites for hydroxylation is 1. The van der Waals surface area contributed by atoms with Gasteiger partial charge in [0.1, 0.15) is 11.4 Å². The highest BCUT2D eigenvalue weighted by atomic mass is 19.3. The number of piperidine rings is 1. The van der Waals surface area contributed by atoms with E-state index in [0.717, 1.165) is 10.7 Å². The number of halogens is 3. The molecule has 1 aliphatic heterocycles. The molecule has 156 valence electrons. The minimum absolute atomic E-state index is 0.0105. The van der Waals surface area contributed by atoms with Gasteiger partial charge < -0.3 is 4.90 Å². The van der Waals surface area contributed by atoms with Crippen LogP contribution in [-0.2, 0) is 0 Å². The lowest BCUT2D eigenvalue weighted by atomic mass is 10.1. The Hall–Kier alpha value is -3.57. The first-order valence-corrected chi connectivity index (χ1v) is 9.07. The van der Waals surface area contributed by atoms with Gasteiger partial charge in [0, 0.05) is 37.7 Å². The first-order chi connectivity index (χ1) is 14.2. The molecule has 4 rings (SSSR count). The Balaban J connectivity index is 1.62. The fraction of sp³-hybridized carbons (Fsp3) is 0.333. The van der Waals surface area contributed by atoms with Crippen LogP contribution in [0.4, 0.5) is 24.8 Å². The lowest BCUT2D eigenvalue weighted by Gasteiger charge is -2.31. The fourth-order valence-corrected chi connectivity index (χ4v) is 3.15. The average Bonchev–Trinajstić information content (AvgIpc) is 3.17. The van der Waals surface area contributed by atoms with Crippen LogP contribution < -0.4 is 4.90 Å². The van der Waals surface area contributed by atoms with Gasteiger partial charge in [-0.15, -0.1) is 5.10 Å². The summed E-state index contributed by atoms with van der Waals surface area (Å²) in [6, 6.07) is 4.85. The van der Waals surface area contributed by atoms with Gasteiger partial charge in [-0.1, -0.05) is 5.21 Å². The molecule has 0 spiro atoms. The van der Waals surface area contributed by atoms with Gasteiger partial charge in [-0.25, -0.2) is 27.8 Å². The largest absolute Gasteiger partial charge is 0.340 e. The predicted molar refractivity (Wildman–Crippen MR) is 100 cm³/mol. The lowest BCUT2D eigenvalue weighted by molar-refractivity contribution is -0.385. The molecule has 0 amide bonds. The van der Waals surface area contributed by atoms with E-state index >= 15 is 0 Å². The standard InChI is InChI=1S/C18H16F3N7O2/c1-11-8-14(23-17(22-11)26-6-4-18(20,21)5-7-26)15-10-27(25-24-15)16-3-2-12(28(29)30)9-13(16)19/h2-3,8-10H,4-7H2,1H3. The summed E-state index contributed by atoms with van der Waals surface area (Å²) in [6.45, 7) is 2.01. The van der Waals surface area contributed by atoms with Gasteiger partial charge in [0.25, 0.3) is 11.6 Å². The third-order valence-electron chi connectivity index (χ3n) is 4.76. The fourth-order valence-electron chi connectivity index (χ4n) is 3.15. The Bertz CT molecular complexity index is 1110. The molecule has 0 radical (unpaired) electrons. The van der Waals surface area contributed by atoms with E-state index in [2.05, 4.69) is 20.3 Å². The number of benzene rings is 1. The van der Waals surface area contributed by atoms with Crippen LogP contribution in [0.15, 0.2) is 30.5 Å². The first kappa shape index (κ1) is 19.7. The van der Waals surface area contributed by atoms with Gasteiger partial charge in [-0.2, -0.15) is 0 Å². The molecule has 0 aliphatic carbocycles. The highest BCUT2D eigenvalue weighted by Gasteiger charge is 2.35. The number of nitrogens with zero attached hydrogens (tertiary/aromatic N) is 7. The van der Waals surface area contributed by atoms with Crippen molar-refractivity contribution in [3.63, 3.8) is 0 Å². The number of anilines is 1. The summed E-state index contributed by atoms with van der Waals surface area (Å²) in [5.74, 6) is -3.19. The summed E-state index contributed by atoms with van der Waals surface area (Å²) in [6.07, 6.45) is 0.893. The summed E-state index contributed by atoms with van der Waals surface area (Å²) < 4.78 is 42.3. The van der Waals surface area contributed by atoms with Crippen molar-refractivity contribution in [1.29, 1.82) is 0 Å². The van der Waals surface area contributed by atoms with E-state index in [1.807, 2.05) is 0 Å². The summed E-state index contributed by atoms with van der Waals surface area (Å²) in [7, 11) is 0. The summed E-state index contributed by atoms with van der Waals surface area (Å²) in [5, 5.41) is 18.6. The molecular weight excluding hydrogens is 403 g/mol. The highest BCUT2D eigenvalue weighted by molar-refractivity contribution is 5.56. The third kappa shape index (κ3) is 3.93. The number of alkyl halides is 2. The molecule has 1 aliphatic rings. The summed E-state index contributed by atoms with van der Waals surface area (Å²) in [5.41, 5.74) is 0.956. The van der Waals surface area contributed by atoms with Crippen molar-refractivity contribution in [3.05, 3.63) is 52.1 Å². The molecular formula is C18H16F3N7O2. The van der Waals surface area contributed by atoms with Crippen LogP contribution in [0.5, 0.6) is 0 Å². The smallest absolute Gasteiger partial charge is 0.272 e. The summed E-state index contributed by atoms with van der Waals surface area (Å²) in [4.78, 5) is 20.5. The van der Waals surface area contributed by atoms with Gasteiger partial charge >= 0.3 is 0 Å². The van der Waals surface area contributed by atoms with Crippen molar-refractivity contribution in [3.8, 4) is 17.1 Å². The second kappa shape index (κ2) is 7.35. The Morgan fingerprint density at radius 2 is 1.87 bits per heavy atom. The number of non-ortho nitro benzene ring substituents is 1. The Kier molecular flexibility index (Phi) is 4.84. The molecule has 0 saturated carbocycles. The molecule has 1 fully saturated rings. The second-order valence-electron chi connectivity index (χ2n) is 6.98. The Labute approximate surface area is 168 Å². The molecule has 0 bridgehead atoms. The maximum atomic E-state index is 14.3. The van der Waals surface area contributed by atoms with E-state index in [9.17, 15) is 23.3 Å². The highest BCUT2D eigenvalue weighted by Crippen LogP contribution is 2.30. The number of nitro benzene ring substituents is 1. The van der Waals surface area contributed by atoms with Crippen molar-refractivity contribution in [2.24, 2.45) is 0 Å². The number of hydrogen-bond acceptors (Lipinski definition) is 7. The van der Waals surface area contributed by atoms with Crippen LogP contribution in [0.1, 0.15) is 18.5 Å². The number of aromatic nitrogens is 5. The molecule has 30 heavy (non-hydrogen) atoms. The molecule has 1 saturated heterocycles. The number of hydrogen-bond donors (Lipinski definition) is 0. The number of nitro groups is 1. The van der Waals surface area contributed by atoms with E-state index < -0.39 is 16.7 Å². The van der Waals surface area contributed by atoms with Crippen molar-refractivity contribution in [1.82, 2.24) is 25.0 Å². The van der Waals surface area contributed by atoms with Crippen LogP contribution in [0.25, 0.3) is 17.1 Å². The molecule has 2 aromatic heterocycles. The topological polar surface area (TPSA) is 103 Å². The van der Waals surface area contributed by atoms with E-state index in [4.69, 9.17) is 0 Å². The van der Waals surface area contributed by atoms with E-state index in [-0.39, 0.29) is 37.3 Å². The monoisotopic (exact) mass is 419 g/mol. The molecule has 3 heterocycles. The molecule has 9 nitrogen and oxygen atoms in total. The zero-order valence-corrected chi connectivity index (χ0v) is 15.8. The molecule has 0 atom stereocenters. The lowest BCUT2D eigenvalue weighted by Crippen LogP contribution is -2.40. The van der Waals surface area contributed by atoms with Crippen molar-refractivity contribution in [2.45, 2.75) is 25.7 Å². The van der Waals surface area contributed by atoms with Crippen LogP contribution in [0.3, 0.4) is 0 Å². The third-order valence-corrected chi connectivity index (χ3v) is 4.76. The normalized spacial score (nSPS) is 15.9. The van der Waals surface area contributed by atoms with Crippen LogP contribution >= 0.6 is 0 Å². The van der Waals surface area contributed by atoms with Crippen LogP contribution in [0.2, 0.25) is 0 Å². The summed E-state index contributed by atoms with van der Waals surface area (Å²) >= 11 is 0. The molecule has 0 N–H and O–H groups in total. The Morgan fingerprint density at radius 3 is 2.53 bits per heavy atom. The molecule has 1 aromatic carbocycles. The van der Waals surface area contributed by atoms with Gasteiger partial charge in [-0.05, 0) is 19.1 Å². The van der Waals surface area contributed by atoms with Gasteiger partial charge in [-0.3, -0.25) is 10.1 Å². The van der Waals surface area contributed by atoms with E-state index in [0.29, 0.717) is 23.0 Å². The van der Waals surface area contributed by atoms with E-state index in [1.54, 1.807) is 17.9 Å². The molecule has 3 aromatic rings. The number of rotatable bonds is 4. The Morgan fingerprint density at radius 1 is 1.13 bits per heavy atom. The minimum atomic E-state index is -2.68. The molecule has 0 unspecified atom stereocenters. The minimum Gasteiger partial charge on any atom is -0.340 e. The van der Waals surface area contributed by atoms with Crippen LogP contribution in [-0.4, -0.2) is 48.9 Å². The van der Waals surface area contributed by atoms with E-state index in [1.165, 1.54) is 18.3 Å². The van der Waals surface area contributed by atoms with Crippen molar-refractivity contribution < 1.29 is 18.1 Å². The SMILES string of the molecule is Cc1cc(-c2cn(-c3ccc([N+](=O)[O-])cc3F)nn2)nc(N2CCC(F)(F)CC2)n1. The maximum Gasteiger partial charge on any atom is 0.272 e. The first-order valence-electron chi connectivity index (χ1n) is 9.07.